The van der Waals surface area contributed by atoms with E-state index in [1.54, 1.807) is 0 Å². The van der Waals surface area contributed by atoms with E-state index in [0.29, 0.717) is 19.3 Å². The van der Waals surface area contributed by atoms with E-state index in [1.165, 1.54) is 0 Å². The first kappa shape index (κ1) is 11.3. The summed E-state index contributed by atoms with van der Waals surface area (Å²) in [5.74, 6) is 0. The van der Waals surface area contributed by atoms with Crippen LogP contribution in [0.1, 0.15) is 19.3 Å². The minimum absolute atomic E-state index is 0.513. The molecule has 0 unspecified atom stereocenters. The molecule has 4 nitrogen and oxygen atoms in total. The molecule has 1 saturated heterocycles. The van der Waals surface area contributed by atoms with Gasteiger partial charge in [-0.15, -0.1) is 0 Å². The van der Waals surface area contributed by atoms with Crippen LogP contribution in [0.4, 0.5) is 0 Å². The maximum atomic E-state index is 9.56. The van der Waals surface area contributed by atoms with E-state index >= 15 is 0 Å². The van der Waals surface area contributed by atoms with Gasteiger partial charge in [0.25, 0.3) is 0 Å². The maximum Gasteiger partial charge on any atom is 0.120 e. The molecule has 70 valence electrons. The van der Waals surface area contributed by atoms with E-state index in [4.69, 9.17) is 4.74 Å². The highest BCUT2D eigenvalue weighted by Gasteiger charge is 1.92. The first-order valence-electron chi connectivity index (χ1n) is 4.07. The number of ether oxygens (including phenoxy) is 1. The summed E-state index contributed by atoms with van der Waals surface area (Å²) < 4.78 is 4.83. The third-order valence-electron chi connectivity index (χ3n) is 1.27. The predicted molar refractivity (Wildman–Crippen MR) is 44.8 cm³/mol. The highest BCUT2D eigenvalue weighted by atomic mass is 16.5. The van der Waals surface area contributed by atoms with Crippen LogP contribution in [-0.2, 0) is 14.3 Å². The van der Waals surface area contributed by atoms with Crippen LogP contribution in [0.3, 0.4) is 0 Å². The van der Waals surface area contributed by atoms with E-state index in [-0.39, 0.29) is 0 Å². The molecule has 0 atom stereocenters. The van der Waals surface area contributed by atoms with E-state index in [9.17, 15) is 9.59 Å². The Bertz CT molecular complexity index is 97.3. The summed E-state index contributed by atoms with van der Waals surface area (Å²) in [6.07, 6.45) is 3.37. The number of unbranched alkanes of at least 4 members (excludes halogenated alkanes) is 2. The minimum Gasteiger partial charge on any atom is -0.365 e. The second-order valence-corrected chi connectivity index (χ2v) is 2.32. The smallest absolute Gasteiger partial charge is 0.120 e. The fraction of sp³-hybridized carbons (Fsp3) is 0.750. The van der Waals surface area contributed by atoms with Gasteiger partial charge in [-0.3, -0.25) is 5.32 Å². The first-order chi connectivity index (χ1) is 5.91. The van der Waals surface area contributed by atoms with Crippen LogP contribution in [0.2, 0.25) is 0 Å². The summed E-state index contributed by atoms with van der Waals surface area (Å²) in [5.41, 5.74) is 0. The third kappa shape index (κ3) is 9.26. The van der Waals surface area contributed by atoms with Crippen molar-refractivity contribution in [2.24, 2.45) is 0 Å². The van der Waals surface area contributed by atoms with E-state index in [0.717, 1.165) is 32.5 Å². The van der Waals surface area contributed by atoms with Gasteiger partial charge in [0.2, 0.25) is 0 Å². The number of nitrogens with one attached hydrogen (secondary N) is 1. The lowest BCUT2D eigenvalue weighted by molar-refractivity contribution is -0.108. The molecule has 0 aromatic carbocycles. The van der Waals surface area contributed by atoms with Gasteiger partial charge in [0.05, 0.1) is 13.3 Å². The van der Waals surface area contributed by atoms with Gasteiger partial charge in [0.15, 0.2) is 0 Å². The highest BCUT2D eigenvalue weighted by molar-refractivity contribution is 5.52. The highest BCUT2D eigenvalue weighted by Crippen LogP contribution is 1.85. The van der Waals surface area contributed by atoms with Crippen molar-refractivity contribution >= 4 is 12.6 Å². The van der Waals surface area contributed by atoms with Crippen molar-refractivity contribution in [1.29, 1.82) is 0 Å². The van der Waals surface area contributed by atoms with E-state index in [1.807, 2.05) is 0 Å². The Kier molecular flexibility index (Phi) is 9.63. The number of hydrogen-bond donors (Lipinski definition) is 1. The van der Waals surface area contributed by atoms with Crippen molar-refractivity contribution in [2.45, 2.75) is 19.3 Å². The van der Waals surface area contributed by atoms with Crippen LogP contribution >= 0.6 is 0 Å². The fourth-order valence-corrected chi connectivity index (χ4v) is 0.645. The van der Waals surface area contributed by atoms with Crippen LogP contribution in [0.15, 0.2) is 0 Å². The van der Waals surface area contributed by atoms with Crippen molar-refractivity contribution in [1.82, 2.24) is 5.32 Å². The molecule has 4 heteroatoms. The molecular formula is C8H15NO3. The zero-order valence-electron chi connectivity index (χ0n) is 7.12. The maximum absolute atomic E-state index is 9.56. The van der Waals surface area contributed by atoms with Crippen molar-refractivity contribution < 1.29 is 14.3 Å². The second kappa shape index (κ2) is 10.3. The van der Waals surface area contributed by atoms with Gasteiger partial charge >= 0.3 is 0 Å². The molecule has 1 aliphatic rings. The number of rotatable bonds is 4. The molecule has 0 spiro atoms. The van der Waals surface area contributed by atoms with Crippen LogP contribution in [0.5, 0.6) is 0 Å². The molecule has 0 aromatic heterocycles. The lowest BCUT2D eigenvalue weighted by atomic mass is 10.3. The Morgan fingerprint density at radius 3 is 2.17 bits per heavy atom. The van der Waals surface area contributed by atoms with E-state index < -0.39 is 0 Å². The average Bonchev–Trinajstić information content (AvgIpc) is 2.62. The summed E-state index contributed by atoms with van der Waals surface area (Å²) in [4.78, 5) is 19.1. The van der Waals surface area contributed by atoms with Crippen LogP contribution in [0.25, 0.3) is 0 Å². The van der Waals surface area contributed by atoms with E-state index in [2.05, 4.69) is 5.32 Å². The van der Waals surface area contributed by atoms with Crippen molar-refractivity contribution in [2.75, 3.05) is 19.9 Å². The zero-order chi connectivity index (χ0) is 9.07. The molecule has 0 amide bonds. The molecule has 12 heavy (non-hydrogen) atoms. The summed E-state index contributed by atoms with van der Waals surface area (Å²) in [6, 6.07) is 0. The van der Waals surface area contributed by atoms with Gasteiger partial charge in [-0.05, 0) is 6.42 Å². The number of carbonyl (C=O) groups is 2. The molecule has 0 radical (unpaired) electrons. The molecule has 1 fully saturated rings. The van der Waals surface area contributed by atoms with Crippen LogP contribution in [0, 0.1) is 0 Å². The number of aldehydes is 2. The van der Waals surface area contributed by atoms with Crippen molar-refractivity contribution in [3.8, 4) is 0 Å². The Morgan fingerprint density at radius 2 is 1.92 bits per heavy atom. The normalized spacial score (nSPS) is 14.7. The van der Waals surface area contributed by atoms with Crippen LogP contribution in [-0.4, -0.2) is 32.5 Å². The lowest BCUT2D eigenvalue weighted by Crippen LogP contribution is -2.05. The van der Waals surface area contributed by atoms with Gasteiger partial charge in [-0.1, -0.05) is 0 Å². The monoisotopic (exact) mass is 173 g/mol. The number of carbonyl (C=O) groups excluding carboxylic acids is 2. The summed E-state index contributed by atoms with van der Waals surface area (Å²) in [5, 5.41) is 3.00. The quantitative estimate of drug-likeness (QED) is 0.484. The van der Waals surface area contributed by atoms with Gasteiger partial charge in [0, 0.05) is 19.4 Å². The lowest BCUT2D eigenvalue weighted by Gasteiger charge is -1.78. The molecule has 1 N–H and O–H groups in total. The summed E-state index contributed by atoms with van der Waals surface area (Å²) >= 11 is 0. The molecule has 0 aliphatic carbocycles. The van der Waals surface area contributed by atoms with Gasteiger partial charge in [-0.2, -0.15) is 0 Å². The SMILES string of the molecule is C1COCN1.O=CCCCC=O. The molecule has 1 rings (SSSR count). The largest absolute Gasteiger partial charge is 0.365 e. The van der Waals surface area contributed by atoms with Gasteiger partial charge in [-0.25, -0.2) is 0 Å². The topological polar surface area (TPSA) is 55.4 Å². The standard InChI is InChI=1S/C5H8O2.C3H7NO/c6-4-2-1-3-5-7;1-2-5-3-4-1/h4-5H,1-3H2;4H,1-3H2. The Morgan fingerprint density at radius 1 is 1.25 bits per heavy atom. The first-order valence-corrected chi connectivity index (χ1v) is 4.07. The zero-order valence-corrected chi connectivity index (χ0v) is 7.12. The molecule has 0 aromatic rings. The Balaban J connectivity index is 0.000000211. The van der Waals surface area contributed by atoms with Gasteiger partial charge < -0.3 is 14.3 Å². The third-order valence-corrected chi connectivity index (χ3v) is 1.27. The second-order valence-electron chi connectivity index (χ2n) is 2.32. The molecule has 0 saturated carbocycles. The molecule has 1 heterocycles. The minimum atomic E-state index is 0.513. The number of hydrogen-bond acceptors (Lipinski definition) is 4. The fourth-order valence-electron chi connectivity index (χ4n) is 0.645. The summed E-state index contributed by atoms with van der Waals surface area (Å²) in [6.45, 7) is 2.67. The van der Waals surface area contributed by atoms with Gasteiger partial charge in [0.1, 0.15) is 12.6 Å². The Hall–Kier alpha value is -0.740. The Labute approximate surface area is 72.3 Å². The average molecular weight is 173 g/mol. The molecule has 0 bridgehead atoms. The van der Waals surface area contributed by atoms with Crippen molar-refractivity contribution in [3.05, 3.63) is 0 Å². The van der Waals surface area contributed by atoms with Crippen LogP contribution < -0.4 is 5.32 Å². The predicted octanol–water partition coefficient (Wildman–Crippen LogP) is 0.118. The molecular weight excluding hydrogens is 158 g/mol. The van der Waals surface area contributed by atoms with Crippen molar-refractivity contribution in [3.63, 3.8) is 0 Å². The molecule has 1 aliphatic heterocycles. The summed E-state index contributed by atoms with van der Waals surface area (Å²) in [7, 11) is 0.